The molecule has 0 fully saturated rings. The highest BCUT2D eigenvalue weighted by Gasteiger charge is 2.09. The Bertz CT molecular complexity index is 692. The van der Waals surface area contributed by atoms with E-state index in [0.717, 1.165) is 27.8 Å². The summed E-state index contributed by atoms with van der Waals surface area (Å²) >= 11 is 3.40. The standard InChI is InChI=1S/C17H15BrN2O/c18-15-6-3-12(4-7-15)11-20-17(21)14-5-8-16-13(10-14)2-1-9-19-16/h1-8,10,19H,9,11H2,(H,20,21). The number of carbonyl (C=O) groups is 1. The smallest absolute Gasteiger partial charge is 0.251 e. The average Bonchev–Trinajstić information content (AvgIpc) is 2.53. The van der Waals surface area contributed by atoms with E-state index in [0.29, 0.717) is 12.1 Å². The van der Waals surface area contributed by atoms with Gasteiger partial charge in [-0.25, -0.2) is 0 Å². The highest BCUT2D eigenvalue weighted by molar-refractivity contribution is 9.10. The first-order chi connectivity index (χ1) is 10.2. The number of halogens is 1. The molecule has 3 rings (SSSR count). The van der Waals surface area contributed by atoms with Gasteiger partial charge >= 0.3 is 0 Å². The summed E-state index contributed by atoms with van der Waals surface area (Å²) in [5.41, 5.74) is 3.88. The highest BCUT2D eigenvalue weighted by Crippen LogP contribution is 2.22. The number of hydrogen-bond acceptors (Lipinski definition) is 2. The predicted octanol–water partition coefficient (Wildman–Crippen LogP) is 3.82. The van der Waals surface area contributed by atoms with E-state index in [2.05, 4.69) is 26.6 Å². The van der Waals surface area contributed by atoms with Gasteiger partial charge in [0, 0.05) is 28.8 Å². The van der Waals surface area contributed by atoms with Gasteiger partial charge < -0.3 is 10.6 Å². The molecule has 0 radical (unpaired) electrons. The van der Waals surface area contributed by atoms with E-state index < -0.39 is 0 Å². The van der Waals surface area contributed by atoms with Crippen molar-refractivity contribution in [2.45, 2.75) is 6.54 Å². The molecule has 4 heteroatoms. The van der Waals surface area contributed by atoms with Crippen molar-refractivity contribution in [3.8, 4) is 0 Å². The molecule has 0 bridgehead atoms. The summed E-state index contributed by atoms with van der Waals surface area (Å²) in [6.07, 6.45) is 4.09. The number of rotatable bonds is 3. The number of amides is 1. The second-order valence-electron chi connectivity index (χ2n) is 4.89. The van der Waals surface area contributed by atoms with Crippen LogP contribution in [0.5, 0.6) is 0 Å². The molecule has 0 aromatic heterocycles. The third-order valence-electron chi connectivity index (χ3n) is 3.39. The Morgan fingerprint density at radius 1 is 1.19 bits per heavy atom. The lowest BCUT2D eigenvalue weighted by Gasteiger charge is -2.14. The van der Waals surface area contributed by atoms with E-state index in [1.54, 1.807) is 0 Å². The fourth-order valence-electron chi connectivity index (χ4n) is 2.24. The minimum absolute atomic E-state index is 0.0558. The molecule has 0 saturated carbocycles. The molecular weight excluding hydrogens is 328 g/mol. The van der Waals surface area contributed by atoms with Crippen LogP contribution in [0.2, 0.25) is 0 Å². The van der Waals surface area contributed by atoms with Crippen molar-refractivity contribution in [1.82, 2.24) is 5.32 Å². The Morgan fingerprint density at radius 3 is 2.81 bits per heavy atom. The van der Waals surface area contributed by atoms with Crippen molar-refractivity contribution < 1.29 is 4.79 Å². The molecule has 21 heavy (non-hydrogen) atoms. The minimum atomic E-state index is -0.0558. The maximum absolute atomic E-state index is 12.2. The van der Waals surface area contributed by atoms with Crippen LogP contribution in [-0.4, -0.2) is 12.5 Å². The number of benzene rings is 2. The quantitative estimate of drug-likeness (QED) is 0.890. The van der Waals surface area contributed by atoms with Gasteiger partial charge in [-0.2, -0.15) is 0 Å². The van der Waals surface area contributed by atoms with Crippen molar-refractivity contribution in [3.63, 3.8) is 0 Å². The molecule has 1 amide bonds. The van der Waals surface area contributed by atoms with Crippen LogP contribution in [0.3, 0.4) is 0 Å². The van der Waals surface area contributed by atoms with Crippen molar-refractivity contribution in [2.75, 3.05) is 11.9 Å². The average molecular weight is 343 g/mol. The molecule has 0 unspecified atom stereocenters. The summed E-state index contributed by atoms with van der Waals surface area (Å²) in [5, 5.41) is 6.21. The first-order valence-electron chi connectivity index (χ1n) is 6.79. The monoisotopic (exact) mass is 342 g/mol. The second kappa shape index (κ2) is 6.14. The van der Waals surface area contributed by atoms with E-state index in [1.807, 2.05) is 54.6 Å². The molecule has 0 saturated heterocycles. The van der Waals surface area contributed by atoms with Gasteiger partial charge in [0.2, 0.25) is 0 Å². The fraction of sp³-hybridized carbons (Fsp3) is 0.118. The Labute approximate surface area is 132 Å². The Morgan fingerprint density at radius 2 is 2.00 bits per heavy atom. The number of carbonyl (C=O) groups excluding carboxylic acids is 1. The lowest BCUT2D eigenvalue weighted by Crippen LogP contribution is -2.23. The van der Waals surface area contributed by atoms with Crippen LogP contribution in [0.15, 0.2) is 53.0 Å². The normalized spacial score (nSPS) is 12.4. The summed E-state index contributed by atoms with van der Waals surface area (Å²) in [5.74, 6) is -0.0558. The largest absolute Gasteiger partial charge is 0.381 e. The van der Waals surface area contributed by atoms with Gasteiger partial charge in [0.15, 0.2) is 0 Å². The van der Waals surface area contributed by atoms with E-state index >= 15 is 0 Å². The molecule has 1 aliphatic rings. The molecule has 3 nitrogen and oxygen atoms in total. The van der Waals surface area contributed by atoms with Crippen LogP contribution in [0.4, 0.5) is 5.69 Å². The van der Waals surface area contributed by atoms with Crippen LogP contribution in [0, 0.1) is 0 Å². The van der Waals surface area contributed by atoms with Crippen molar-refractivity contribution in [1.29, 1.82) is 0 Å². The summed E-state index contributed by atoms with van der Waals surface area (Å²) in [6, 6.07) is 13.6. The summed E-state index contributed by atoms with van der Waals surface area (Å²) < 4.78 is 1.03. The molecular formula is C17H15BrN2O. The van der Waals surface area contributed by atoms with E-state index in [9.17, 15) is 4.79 Å². The molecule has 0 atom stereocenters. The topological polar surface area (TPSA) is 41.1 Å². The Hall–Kier alpha value is -2.07. The number of anilines is 1. The van der Waals surface area contributed by atoms with Crippen molar-refractivity contribution in [3.05, 3.63) is 69.7 Å². The molecule has 106 valence electrons. The van der Waals surface area contributed by atoms with E-state index in [-0.39, 0.29) is 5.91 Å². The zero-order valence-electron chi connectivity index (χ0n) is 11.4. The van der Waals surface area contributed by atoms with E-state index in [1.165, 1.54) is 0 Å². The highest BCUT2D eigenvalue weighted by atomic mass is 79.9. The maximum Gasteiger partial charge on any atom is 0.251 e. The van der Waals surface area contributed by atoms with Gasteiger partial charge in [0.05, 0.1) is 0 Å². The third-order valence-corrected chi connectivity index (χ3v) is 3.92. The lowest BCUT2D eigenvalue weighted by atomic mass is 10.1. The molecule has 2 aromatic rings. The number of nitrogens with one attached hydrogen (secondary N) is 2. The lowest BCUT2D eigenvalue weighted by molar-refractivity contribution is 0.0951. The van der Waals surface area contributed by atoms with Crippen LogP contribution >= 0.6 is 15.9 Å². The summed E-state index contributed by atoms with van der Waals surface area (Å²) in [4.78, 5) is 12.2. The van der Waals surface area contributed by atoms with Gasteiger partial charge in [-0.05, 0) is 41.5 Å². The van der Waals surface area contributed by atoms with Crippen LogP contribution in [0.1, 0.15) is 21.5 Å². The summed E-state index contributed by atoms with van der Waals surface area (Å²) in [6.45, 7) is 1.36. The Balaban J connectivity index is 1.68. The molecule has 0 spiro atoms. The van der Waals surface area contributed by atoms with Crippen LogP contribution in [-0.2, 0) is 6.54 Å². The molecule has 2 N–H and O–H groups in total. The predicted molar refractivity (Wildman–Crippen MR) is 89.3 cm³/mol. The van der Waals surface area contributed by atoms with Crippen molar-refractivity contribution >= 4 is 33.6 Å². The molecule has 2 aromatic carbocycles. The first kappa shape index (κ1) is 13.9. The van der Waals surface area contributed by atoms with Gasteiger partial charge in [-0.1, -0.05) is 40.2 Å². The minimum Gasteiger partial charge on any atom is -0.381 e. The number of hydrogen-bond donors (Lipinski definition) is 2. The SMILES string of the molecule is O=C(NCc1ccc(Br)cc1)c1ccc2c(c1)C=CCN2. The Kier molecular flexibility index (Phi) is 4.06. The first-order valence-corrected chi connectivity index (χ1v) is 7.59. The van der Waals surface area contributed by atoms with Gasteiger partial charge in [0.1, 0.15) is 0 Å². The molecule has 0 aliphatic carbocycles. The fourth-order valence-corrected chi connectivity index (χ4v) is 2.51. The number of fused-ring (bicyclic) bond motifs is 1. The third kappa shape index (κ3) is 3.34. The molecule has 1 heterocycles. The maximum atomic E-state index is 12.2. The second-order valence-corrected chi connectivity index (χ2v) is 5.81. The van der Waals surface area contributed by atoms with Crippen molar-refractivity contribution in [2.24, 2.45) is 0 Å². The van der Waals surface area contributed by atoms with Crippen LogP contribution in [0.25, 0.3) is 6.08 Å². The van der Waals surface area contributed by atoms with E-state index in [4.69, 9.17) is 0 Å². The van der Waals surface area contributed by atoms with Gasteiger partial charge in [0.25, 0.3) is 5.91 Å². The molecule has 1 aliphatic heterocycles. The van der Waals surface area contributed by atoms with Crippen LogP contribution < -0.4 is 10.6 Å². The summed E-state index contributed by atoms with van der Waals surface area (Å²) in [7, 11) is 0. The zero-order valence-corrected chi connectivity index (χ0v) is 13.0. The van der Waals surface area contributed by atoms with Gasteiger partial charge in [-0.15, -0.1) is 0 Å². The zero-order chi connectivity index (χ0) is 14.7. The van der Waals surface area contributed by atoms with Gasteiger partial charge in [-0.3, -0.25) is 4.79 Å².